The number of pyridine rings is 1. The standard InChI is InChI=1S/C16H20BrN3O3/c1-4-5-6-12(16(22)23)19-15(21)13-10(3)18-14-9(2)7-11(17)8-20(13)14/h7-8,12H,4-6H2,1-3H3,(H,19,21)(H,22,23). The number of halogens is 1. The summed E-state index contributed by atoms with van der Waals surface area (Å²) in [5.41, 5.74) is 2.56. The molecule has 124 valence electrons. The number of carbonyl (C=O) groups excluding carboxylic acids is 1. The second-order valence-corrected chi connectivity index (χ2v) is 6.50. The molecule has 6 nitrogen and oxygen atoms in total. The summed E-state index contributed by atoms with van der Waals surface area (Å²) in [7, 11) is 0. The maximum atomic E-state index is 12.6. The minimum absolute atomic E-state index is 0.368. The molecule has 2 heterocycles. The van der Waals surface area contributed by atoms with E-state index in [9.17, 15) is 14.7 Å². The van der Waals surface area contributed by atoms with Crippen molar-refractivity contribution < 1.29 is 14.7 Å². The number of aliphatic carboxylic acids is 1. The number of amides is 1. The van der Waals surface area contributed by atoms with Crippen LogP contribution in [0.5, 0.6) is 0 Å². The molecule has 0 aliphatic rings. The van der Waals surface area contributed by atoms with Crippen molar-refractivity contribution >= 4 is 33.5 Å². The number of aryl methyl sites for hydroxylation is 2. The molecule has 1 unspecified atom stereocenters. The smallest absolute Gasteiger partial charge is 0.326 e. The van der Waals surface area contributed by atoms with Crippen molar-refractivity contribution in [3.63, 3.8) is 0 Å². The fourth-order valence-electron chi connectivity index (χ4n) is 2.55. The molecule has 1 amide bonds. The zero-order valence-electron chi connectivity index (χ0n) is 13.4. The second kappa shape index (κ2) is 7.12. The van der Waals surface area contributed by atoms with Crippen LogP contribution in [-0.4, -0.2) is 32.4 Å². The monoisotopic (exact) mass is 381 g/mol. The molecule has 0 saturated carbocycles. The van der Waals surface area contributed by atoms with E-state index in [0.717, 1.165) is 22.9 Å². The average Bonchev–Trinajstić information content (AvgIpc) is 2.79. The highest BCUT2D eigenvalue weighted by Gasteiger charge is 2.24. The molecular formula is C16H20BrN3O3. The van der Waals surface area contributed by atoms with Crippen LogP contribution in [0, 0.1) is 13.8 Å². The molecule has 1 atom stereocenters. The Balaban J connectivity index is 2.37. The number of rotatable bonds is 6. The summed E-state index contributed by atoms with van der Waals surface area (Å²) in [6.45, 7) is 5.64. The Bertz CT molecular complexity index is 755. The normalized spacial score (nSPS) is 12.3. The van der Waals surface area contributed by atoms with Crippen molar-refractivity contribution in [2.75, 3.05) is 0 Å². The van der Waals surface area contributed by atoms with Gasteiger partial charge in [0.1, 0.15) is 17.4 Å². The molecule has 23 heavy (non-hydrogen) atoms. The Hall–Kier alpha value is -1.89. The van der Waals surface area contributed by atoms with E-state index in [-0.39, 0.29) is 0 Å². The number of fused-ring (bicyclic) bond motifs is 1. The first kappa shape index (κ1) is 17.5. The summed E-state index contributed by atoms with van der Waals surface area (Å²) in [6, 6.07) is 1.03. The minimum atomic E-state index is -1.02. The lowest BCUT2D eigenvalue weighted by Crippen LogP contribution is -2.41. The first-order valence-corrected chi connectivity index (χ1v) is 8.33. The summed E-state index contributed by atoms with van der Waals surface area (Å²) in [5, 5.41) is 11.9. The number of unbranched alkanes of at least 4 members (excludes halogenated alkanes) is 1. The predicted octanol–water partition coefficient (Wildman–Crippen LogP) is 3.09. The number of hydrogen-bond acceptors (Lipinski definition) is 3. The average molecular weight is 382 g/mol. The van der Waals surface area contributed by atoms with E-state index in [1.165, 1.54) is 0 Å². The van der Waals surface area contributed by atoms with Gasteiger partial charge in [-0.15, -0.1) is 0 Å². The molecular weight excluding hydrogens is 362 g/mol. The van der Waals surface area contributed by atoms with E-state index in [4.69, 9.17) is 0 Å². The van der Waals surface area contributed by atoms with Gasteiger partial charge in [0.15, 0.2) is 0 Å². The third kappa shape index (κ3) is 3.72. The van der Waals surface area contributed by atoms with Crippen molar-refractivity contribution in [3.05, 3.63) is 33.7 Å². The summed E-state index contributed by atoms with van der Waals surface area (Å²) in [5.74, 6) is -1.44. The molecule has 0 saturated heterocycles. The zero-order chi connectivity index (χ0) is 17.1. The SMILES string of the molecule is CCCCC(NC(=O)c1c(C)nc2c(C)cc(Br)cn12)C(=O)O. The van der Waals surface area contributed by atoms with E-state index in [1.807, 2.05) is 19.9 Å². The third-order valence-electron chi connectivity index (χ3n) is 3.71. The summed E-state index contributed by atoms with van der Waals surface area (Å²) >= 11 is 3.41. The molecule has 2 N–H and O–H groups in total. The molecule has 0 spiro atoms. The number of carboxylic acid groups (broad SMARTS) is 1. The molecule has 0 aliphatic carbocycles. The van der Waals surface area contributed by atoms with Crippen LogP contribution in [0.2, 0.25) is 0 Å². The van der Waals surface area contributed by atoms with Crippen LogP contribution in [0.15, 0.2) is 16.7 Å². The molecule has 0 bridgehead atoms. The van der Waals surface area contributed by atoms with E-state index in [1.54, 1.807) is 17.5 Å². The van der Waals surface area contributed by atoms with Gasteiger partial charge in [-0.25, -0.2) is 9.78 Å². The van der Waals surface area contributed by atoms with Gasteiger partial charge in [-0.2, -0.15) is 0 Å². The topological polar surface area (TPSA) is 83.7 Å². The van der Waals surface area contributed by atoms with Crippen molar-refractivity contribution in [1.82, 2.24) is 14.7 Å². The Morgan fingerprint density at radius 2 is 2.13 bits per heavy atom. The van der Waals surface area contributed by atoms with Gasteiger partial charge in [0.05, 0.1) is 5.69 Å². The highest BCUT2D eigenvalue weighted by Crippen LogP contribution is 2.20. The van der Waals surface area contributed by atoms with Crippen LogP contribution < -0.4 is 5.32 Å². The third-order valence-corrected chi connectivity index (χ3v) is 4.14. The van der Waals surface area contributed by atoms with Crippen molar-refractivity contribution in [3.8, 4) is 0 Å². The van der Waals surface area contributed by atoms with Gasteiger partial charge >= 0.3 is 5.97 Å². The van der Waals surface area contributed by atoms with Crippen molar-refractivity contribution in [2.24, 2.45) is 0 Å². The fraction of sp³-hybridized carbons (Fsp3) is 0.438. The zero-order valence-corrected chi connectivity index (χ0v) is 15.0. The first-order chi connectivity index (χ1) is 10.8. The lowest BCUT2D eigenvalue weighted by Gasteiger charge is -2.14. The molecule has 2 aromatic rings. The first-order valence-electron chi connectivity index (χ1n) is 7.53. The van der Waals surface area contributed by atoms with Crippen LogP contribution in [0.3, 0.4) is 0 Å². The van der Waals surface area contributed by atoms with Crippen LogP contribution in [-0.2, 0) is 4.79 Å². The van der Waals surface area contributed by atoms with Crippen LogP contribution in [0.4, 0.5) is 0 Å². The minimum Gasteiger partial charge on any atom is -0.480 e. The quantitative estimate of drug-likeness (QED) is 0.804. The largest absolute Gasteiger partial charge is 0.480 e. The number of hydrogen-bond donors (Lipinski definition) is 2. The number of carboxylic acids is 1. The molecule has 7 heteroatoms. The highest BCUT2D eigenvalue weighted by molar-refractivity contribution is 9.10. The van der Waals surface area contributed by atoms with Gasteiger partial charge in [-0.1, -0.05) is 19.8 Å². The van der Waals surface area contributed by atoms with Gasteiger partial charge in [0.2, 0.25) is 0 Å². The Labute approximate surface area is 143 Å². The van der Waals surface area contributed by atoms with Gasteiger partial charge in [-0.3, -0.25) is 9.20 Å². The maximum Gasteiger partial charge on any atom is 0.326 e. The van der Waals surface area contributed by atoms with E-state index in [2.05, 4.69) is 26.2 Å². The second-order valence-electron chi connectivity index (χ2n) is 5.59. The fourth-order valence-corrected chi connectivity index (χ4v) is 3.10. The lowest BCUT2D eigenvalue weighted by molar-refractivity contribution is -0.139. The van der Waals surface area contributed by atoms with Gasteiger partial charge in [-0.05, 0) is 47.8 Å². The number of carbonyl (C=O) groups is 2. The van der Waals surface area contributed by atoms with E-state index >= 15 is 0 Å². The lowest BCUT2D eigenvalue weighted by atomic mass is 10.1. The Morgan fingerprint density at radius 1 is 1.43 bits per heavy atom. The van der Waals surface area contributed by atoms with Crippen molar-refractivity contribution in [1.29, 1.82) is 0 Å². The van der Waals surface area contributed by atoms with Gasteiger partial charge in [0.25, 0.3) is 5.91 Å². The van der Waals surface area contributed by atoms with Crippen LogP contribution >= 0.6 is 15.9 Å². The molecule has 0 fully saturated rings. The predicted molar refractivity (Wildman–Crippen MR) is 90.8 cm³/mol. The highest BCUT2D eigenvalue weighted by atomic mass is 79.9. The van der Waals surface area contributed by atoms with E-state index < -0.39 is 17.9 Å². The molecule has 2 rings (SSSR count). The molecule has 2 aromatic heterocycles. The number of nitrogens with one attached hydrogen (secondary N) is 1. The molecule has 0 aliphatic heterocycles. The Kier molecular flexibility index (Phi) is 5.41. The van der Waals surface area contributed by atoms with E-state index in [0.29, 0.717) is 23.5 Å². The molecule has 0 aromatic carbocycles. The summed E-state index contributed by atoms with van der Waals surface area (Å²) in [6.07, 6.45) is 3.80. The van der Waals surface area contributed by atoms with Gasteiger partial charge < -0.3 is 10.4 Å². The Morgan fingerprint density at radius 3 is 2.74 bits per heavy atom. The van der Waals surface area contributed by atoms with Gasteiger partial charge in [0, 0.05) is 10.7 Å². The van der Waals surface area contributed by atoms with Crippen LogP contribution in [0.1, 0.15) is 47.9 Å². The summed E-state index contributed by atoms with van der Waals surface area (Å²) < 4.78 is 2.53. The van der Waals surface area contributed by atoms with Crippen molar-refractivity contribution in [2.45, 2.75) is 46.1 Å². The maximum absolute atomic E-state index is 12.6. The number of imidazole rings is 1. The number of aromatic nitrogens is 2. The molecule has 0 radical (unpaired) electrons. The van der Waals surface area contributed by atoms with Crippen LogP contribution in [0.25, 0.3) is 5.65 Å². The number of nitrogens with zero attached hydrogens (tertiary/aromatic N) is 2. The summed E-state index contributed by atoms with van der Waals surface area (Å²) in [4.78, 5) is 28.3.